The highest BCUT2D eigenvalue weighted by Crippen LogP contribution is 2.39. The Bertz CT molecular complexity index is 790. The predicted octanol–water partition coefficient (Wildman–Crippen LogP) is 4.05. The van der Waals surface area contributed by atoms with E-state index in [2.05, 4.69) is 48.3 Å². The zero-order valence-electron chi connectivity index (χ0n) is 18.2. The van der Waals surface area contributed by atoms with Gasteiger partial charge in [0.1, 0.15) is 12.4 Å². The summed E-state index contributed by atoms with van der Waals surface area (Å²) in [6.45, 7) is 11.5. The molecule has 1 atom stereocenters. The van der Waals surface area contributed by atoms with Gasteiger partial charge >= 0.3 is 0 Å². The molecule has 29 heavy (non-hydrogen) atoms. The molecule has 1 aliphatic heterocycles. The fourth-order valence-corrected chi connectivity index (χ4v) is 3.94. The van der Waals surface area contributed by atoms with Crippen LogP contribution in [0, 0.1) is 0 Å². The van der Waals surface area contributed by atoms with Crippen LogP contribution in [0.1, 0.15) is 43.5 Å². The van der Waals surface area contributed by atoms with Crippen molar-refractivity contribution in [2.75, 3.05) is 46.5 Å². The number of nitrogens with zero attached hydrogens (tertiary/aromatic N) is 1. The van der Waals surface area contributed by atoms with E-state index in [0.29, 0.717) is 13.2 Å². The quantitative estimate of drug-likeness (QED) is 0.654. The SMILES string of the molecule is CCOc1ccccc1C1NCCc2cc(OC)c(OCCN(CC)CC)cc21. The van der Waals surface area contributed by atoms with Crippen LogP contribution in [-0.4, -0.2) is 51.4 Å². The lowest BCUT2D eigenvalue weighted by Crippen LogP contribution is -2.31. The number of nitrogens with one attached hydrogen (secondary N) is 1. The van der Waals surface area contributed by atoms with Crippen LogP contribution in [0.15, 0.2) is 36.4 Å². The Balaban J connectivity index is 1.90. The van der Waals surface area contributed by atoms with Gasteiger partial charge in [-0.05, 0) is 55.8 Å². The summed E-state index contributed by atoms with van der Waals surface area (Å²) in [5.41, 5.74) is 3.70. The van der Waals surface area contributed by atoms with Gasteiger partial charge in [0.15, 0.2) is 11.5 Å². The molecule has 0 saturated heterocycles. The first-order chi connectivity index (χ1) is 14.2. The van der Waals surface area contributed by atoms with Crippen molar-refractivity contribution >= 4 is 0 Å². The van der Waals surface area contributed by atoms with Gasteiger partial charge in [-0.15, -0.1) is 0 Å². The van der Waals surface area contributed by atoms with E-state index >= 15 is 0 Å². The van der Waals surface area contributed by atoms with E-state index in [0.717, 1.165) is 55.4 Å². The number of rotatable bonds is 10. The monoisotopic (exact) mass is 398 g/mol. The summed E-state index contributed by atoms with van der Waals surface area (Å²) >= 11 is 0. The molecule has 0 aliphatic carbocycles. The lowest BCUT2D eigenvalue weighted by molar-refractivity contribution is 0.217. The molecule has 5 nitrogen and oxygen atoms in total. The highest BCUT2D eigenvalue weighted by atomic mass is 16.5. The standard InChI is InChI=1S/C24H34N2O3/c1-5-26(6-2)14-15-29-23-17-20-18(16-22(23)27-4)12-13-25-24(20)19-10-8-9-11-21(19)28-7-3/h8-11,16-17,24-25H,5-7,12-15H2,1-4H3. The van der Waals surface area contributed by atoms with Crippen LogP contribution in [0.4, 0.5) is 0 Å². The Morgan fingerprint density at radius 1 is 0.966 bits per heavy atom. The van der Waals surface area contributed by atoms with Crippen LogP contribution in [0.2, 0.25) is 0 Å². The van der Waals surface area contributed by atoms with E-state index in [4.69, 9.17) is 14.2 Å². The van der Waals surface area contributed by atoms with E-state index in [-0.39, 0.29) is 6.04 Å². The zero-order valence-corrected chi connectivity index (χ0v) is 18.2. The summed E-state index contributed by atoms with van der Waals surface area (Å²) in [6, 6.07) is 12.6. The maximum atomic E-state index is 6.16. The molecule has 3 rings (SSSR count). The first-order valence-electron chi connectivity index (χ1n) is 10.7. The first kappa shape index (κ1) is 21.5. The van der Waals surface area contributed by atoms with Gasteiger partial charge < -0.3 is 24.4 Å². The molecule has 5 heteroatoms. The second-order valence-electron chi connectivity index (χ2n) is 7.19. The summed E-state index contributed by atoms with van der Waals surface area (Å²) in [6.07, 6.45) is 0.971. The molecule has 0 spiro atoms. The van der Waals surface area contributed by atoms with Crippen LogP contribution < -0.4 is 19.5 Å². The highest BCUT2D eigenvalue weighted by Gasteiger charge is 2.26. The van der Waals surface area contributed by atoms with Crippen LogP contribution in [0.5, 0.6) is 17.2 Å². The molecular weight excluding hydrogens is 364 g/mol. The minimum Gasteiger partial charge on any atom is -0.494 e. The third-order valence-electron chi connectivity index (χ3n) is 5.57. The van der Waals surface area contributed by atoms with E-state index in [1.807, 2.05) is 19.1 Å². The van der Waals surface area contributed by atoms with Crippen molar-refractivity contribution < 1.29 is 14.2 Å². The number of hydrogen-bond donors (Lipinski definition) is 1. The zero-order chi connectivity index (χ0) is 20.6. The lowest BCUT2D eigenvalue weighted by Gasteiger charge is -2.30. The lowest BCUT2D eigenvalue weighted by atomic mass is 9.89. The van der Waals surface area contributed by atoms with Crippen LogP contribution in [-0.2, 0) is 6.42 Å². The Labute approximate surface area is 175 Å². The number of benzene rings is 2. The summed E-state index contributed by atoms with van der Waals surface area (Å²) in [5, 5.41) is 3.66. The van der Waals surface area contributed by atoms with Gasteiger partial charge in [-0.1, -0.05) is 32.0 Å². The van der Waals surface area contributed by atoms with E-state index in [9.17, 15) is 0 Å². The predicted molar refractivity (Wildman–Crippen MR) is 117 cm³/mol. The number of para-hydroxylation sites is 1. The average Bonchev–Trinajstić information content (AvgIpc) is 2.76. The Morgan fingerprint density at radius 2 is 1.76 bits per heavy atom. The van der Waals surface area contributed by atoms with Gasteiger partial charge in [0, 0.05) is 18.7 Å². The molecule has 2 aromatic rings. The summed E-state index contributed by atoms with van der Waals surface area (Å²) in [7, 11) is 1.71. The highest BCUT2D eigenvalue weighted by molar-refractivity contribution is 5.53. The normalized spacial score (nSPS) is 15.8. The van der Waals surface area contributed by atoms with Crippen LogP contribution in [0.3, 0.4) is 0 Å². The Kier molecular flexibility index (Phi) is 7.78. The summed E-state index contributed by atoms with van der Waals surface area (Å²) in [5.74, 6) is 2.54. The molecule has 0 amide bonds. The number of fused-ring (bicyclic) bond motifs is 1. The number of ether oxygens (including phenoxy) is 3. The molecule has 158 valence electrons. The fraction of sp³-hybridized carbons (Fsp3) is 0.500. The van der Waals surface area contributed by atoms with Crippen molar-refractivity contribution in [3.8, 4) is 17.2 Å². The molecule has 2 aromatic carbocycles. The van der Waals surface area contributed by atoms with E-state index in [1.165, 1.54) is 11.1 Å². The smallest absolute Gasteiger partial charge is 0.161 e. The van der Waals surface area contributed by atoms with Gasteiger partial charge in [-0.3, -0.25) is 0 Å². The minimum absolute atomic E-state index is 0.0811. The molecule has 1 aliphatic rings. The molecule has 1 unspecified atom stereocenters. The second kappa shape index (κ2) is 10.5. The van der Waals surface area contributed by atoms with Crippen LogP contribution >= 0.6 is 0 Å². The van der Waals surface area contributed by atoms with Crippen molar-refractivity contribution in [2.45, 2.75) is 33.2 Å². The second-order valence-corrected chi connectivity index (χ2v) is 7.19. The largest absolute Gasteiger partial charge is 0.494 e. The van der Waals surface area contributed by atoms with Crippen LogP contribution in [0.25, 0.3) is 0 Å². The molecule has 1 N–H and O–H groups in total. The first-order valence-corrected chi connectivity index (χ1v) is 10.7. The van der Waals surface area contributed by atoms with Crippen molar-refractivity contribution in [3.63, 3.8) is 0 Å². The fourth-order valence-electron chi connectivity index (χ4n) is 3.94. The van der Waals surface area contributed by atoms with E-state index in [1.54, 1.807) is 7.11 Å². The number of hydrogen-bond acceptors (Lipinski definition) is 5. The third kappa shape index (κ3) is 5.03. The summed E-state index contributed by atoms with van der Waals surface area (Å²) in [4.78, 5) is 2.35. The molecule has 0 bridgehead atoms. The third-order valence-corrected chi connectivity index (χ3v) is 5.57. The van der Waals surface area contributed by atoms with Gasteiger partial charge in [-0.25, -0.2) is 0 Å². The van der Waals surface area contributed by atoms with Gasteiger partial charge in [0.25, 0.3) is 0 Å². The van der Waals surface area contributed by atoms with Gasteiger partial charge in [0.05, 0.1) is 19.8 Å². The van der Waals surface area contributed by atoms with Gasteiger partial charge in [0.2, 0.25) is 0 Å². The van der Waals surface area contributed by atoms with Crippen molar-refractivity contribution in [1.29, 1.82) is 0 Å². The molecule has 0 saturated carbocycles. The molecule has 0 radical (unpaired) electrons. The maximum Gasteiger partial charge on any atom is 0.161 e. The molecular formula is C24H34N2O3. The minimum atomic E-state index is 0.0811. The Morgan fingerprint density at radius 3 is 2.48 bits per heavy atom. The summed E-state index contributed by atoms with van der Waals surface area (Å²) < 4.78 is 17.7. The van der Waals surface area contributed by atoms with Crippen molar-refractivity contribution in [1.82, 2.24) is 10.2 Å². The van der Waals surface area contributed by atoms with E-state index < -0.39 is 0 Å². The van der Waals surface area contributed by atoms with Crippen molar-refractivity contribution in [2.24, 2.45) is 0 Å². The molecule has 0 aromatic heterocycles. The molecule has 0 fully saturated rings. The number of likely N-dealkylation sites (N-methyl/N-ethyl adjacent to an activating group) is 1. The number of methoxy groups -OCH3 is 1. The Hall–Kier alpha value is -2.24. The maximum absolute atomic E-state index is 6.16. The average molecular weight is 399 g/mol. The van der Waals surface area contributed by atoms with Gasteiger partial charge in [-0.2, -0.15) is 0 Å². The topological polar surface area (TPSA) is 43.0 Å². The van der Waals surface area contributed by atoms with Crippen molar-refractivity contribution in [3.05, 3.63) is 53.1 Å². The molecule has 1 heterocycles.